The van der Waals surface area contributed by atoms with Crippen molar-refractivity contribution in [3.05, 3.63) is 39.9 Å². The molecule has 1 rings (SSSR count). The molecule has 0 amide bonds. The van der Waals surface area contributed by atoms with Gasteiger partial charge in [-0.3, -0.25) is 10.1 Å². The number of unbranched alkanes of at least 4 members (excludes halogenated alkanes) is 3. The van der Waals surface area contributed by atoms with Crippen molar-refractivity contribution in [2.45, 2.75) is 39.0 Å². The summed E-state index contributed by atoms with van der Waals surface area (Å²) >= 11 is 0. The maximum absolute atomic E-state index is 10.5. The molecule has 1 aromatic carbocycles. The summed E-state index contributed by atoms with van der Waals surface area (Å²) in [6.07, 6.45) is 5.68. The molecule has 0 saturated heterocycles. The summed E-state index contributed by atoms with van der Waals surface area (Å²) in [6.45, 7) is 2.17. The summed E-state index contributed by atoms with van der Waals surface area (Å²) in [7, 11) is 0. The lowest BCUT2D eigenvalue weighted by Gasteiger charge is -2.00. The number of nitro benzene ring substituents is 1. The van der Waals surface area contributed by atoms with Crippen LogP contribution in [0.4, 0.5) is 5.69 Å². The molecule has 0 atom stereocenters. The van der Waals surface area contributed by atoms with Crippen LogP contribution in [-0.2, 0) is 6.42 Å². The van der Waals surface area contributed by atoms with Crippen molar-refractivity contribution < 1.29 is 4.92 Å². The first-order valence-electron chi connectivity index (χ1n) is 5.39. The van der Waals surface area contributed by atoms with E-state index in [1.807, 2.05) is 6.07 Å². The highest BCUT2D eigenvalue weighted by Crippen LogP contribution is 2.14. The van der Waals surface area contributed by atoms with Gasteiger partial charge in [-0.25, -0.2) is 0 Å². The van der Waals surface area contributed by atoms with Crippen LogP contribution in [0.1, 0.15) is 38.2 Å². The fraction of sp³-hybridized carbons (Fsp3) is 0.500. The van der Waals surface area contributed by atoms with Crippen LogP contribution < -0.4 is 0 Å². The number of aryl methyl sites for hydroxylation is 1. The summed E-state index contributed by atoms with van der Waals surface area (Å²) in [5.74, 6) is 0. The molecule has 1 aromatic rings. The smallest absolute Gasteiger partial charge is 0.258 e. The van der Waals surface area contributed by atoms with E-state index >= 15 is 0 Å². The average molecular weight is 206 g/mol. The number of non-ortho nitro benzene ring substituents is 1. The molecule has 1 radical (unpaired) electrons. The minimum atomic E-state index is -0.393. The molecule has 3 nitrogen and oxygen atoms in total. The number of hydrogen-bond acceptors (Lipinski definition) is 2. The predicted molar refractivity (Wildman–Crippen MR) is 59.8 cm³/mol. The van der Waals surface area contributed by atoms with Crippen LogP contribution in [0, 0.1) is 16.2 Å². The van der Waals surface area contributed by atoms with E-state index in [2.05, 4.69) is 13.0 Å². The largest absolute Gasteiger partial charge is 0.277 e. The molecule has 0 N–H and O–H groups in total. The van der Waals surface area contributed by atoms with E-state index < -0.39 is 4.92 Å². The number of rotatable bonds is 6. The molecule has 0 bridgehead atoms. The molecular weight excluding hydrogens is 190 g/mol. The van der Waals surface area contributed by atoms with E-state index in [-0.39, 0.29) is 5.69 Å². The SMILES string of the molecule is CCCCCCc1cc[c]c([N+](=O)[O-])c1. The summed E-state index contributed by atoms with van der Waals surface area (Å²) < 4.78 is 0. The number of hydrogen-bond donors (Lipinski definition) is 0. The van der Waals surface area contributed by atoms with Gasteiger partial charge in [-0.15, -0.1) is 0 Å². The Labute approximate surface area is 90.3 Å². The van der Waals surface area contributed by atoms with Gasteiger partial charge in [0.2, 0.25) is 0 Å². The molecule has 0 fully saturated rings. The van der Waals surface area contributed by atoms with E-state index in [1.165, 1.54) is 19.3 Å². The van der Waals surface area contributed by atoms with Crippen LogP contribution >= 0.6 is 0 Å². The van der Waals surface area contributed by atoms with Crippen LogP contribution in [-0.4, -0.2) is 4.92 Å². The quantitative estimate of drug-likeness (QED) is 0.406. The van der Waals surface area contributed by atoms with Gasteiger partial charge in [0.15, 0.2) is 0 Å². The Balaban J connectivity index is 2.47. The van der Waals surface area contributed by atoms with Crippen molar-refractivity contribution in [3.8, 4) is 0 Å². The lowest BCUT2D eigenvalue weighted by molar-refractivity contribution is -0.385. The Morgan fingerprint density at radius 2 is 2.20 bits per heavy atom. The summed E-state index contributed by atoms with van der Waals surface area (Å²) in [4.78, 5) is 10.1. The Kier molecular flexibility index (Phi) is 4.81. The summed E-state index contributed by atoms with van der Waals surface area (Å²) in [6, 6.07) is 7.76. The van der Waals surface area contributed by atoms with Crippen LogP contribution in [0.5, 0.6) is 0 Å². The minimum Gasteiger partial charge on any atom is -0.258 e. The third-order valence-corrected chi connectivity index (χ3v) is 2.37. The third kappa shape index (κ3) is 4.11. The van der Waals surface area contributed by atoms with E-state index in [4.69, 9.17) is 0 Å². The Hall–Kier alpha value is -1.38. The fourth-order valence-corrected chi connectivity index (χ4v) is 1.52. The lowest BCUT2D eigenvalue weighted by Crippen LogP contribution is -1.91. The second-order valence-electron chi connectivity index (χ2n) is 3.65. The normalized spacial score (nSPS) is 10.2. The number of nitro groups is 1. The number of nitrogens with zero attached hydrogens (tertiary/aromatic N) is 1. The lowest BCUT2D eigenvalue weighted by atomic mass is 10.1. The zero-order valence-corrected chi connectivity index (χ0v) is 9.03. The van der Waals surface area contributed by atoms with Gasteiger partial charge in [0.05, 0.1) is 11.0 Å². The van der Waals surface area contributed by atoms with Crippen molar-refractivity contribution in [1.82, 2.24) is 0 Å². The monoisotopic (exact) mass is 206 g/mol. The average Bonchev–Trinajstić information content (AvgIpc) is 2.25. The second-order valence-corrected chi connectivity index (χ2v) is 3.65. The number of benzene rings is 1. The molecule has 0 saturated carbocycles. The first-order valence-corrected chi connectivity index (χ1v) is 5.39. The molecule has 0 spiro atoms. The topological polar surface area (TPSA) is 43.1 Å². The Morgan fingerprint density at radius 1 is 1.40 bits per heavy atom. The van der Waals surface area contributed by atoms with Gasteiger partial charge in [0, 0.05) is 6.07 Å². The zero-order chi connectivity index (χ0) is 11.1. The molecular formula is C12H16NO2. The fourth-order valence-electron chi connectivity index (χ4n) is 1.52. The predicted octanol–water partition coefficient (Wildman–Crippen LogP) is 3.52. The van der Waals surface area contributed by atoms with Crippen molar-refractivity contribution in [3.63, 3.8) is 0 Å². The van der Waals surface area contributed by atoms with Crippen LogP contribution in [0.15, 0.2) is 18.2 Å². The first kappa shape index (κ1) is 11.7. The molecule has 3 heteroatoms. The summed E-state index contributed by atoms with van der Waals surface area (Å²) in [5, 5.41) is 10.5. The molecule has 0 aliphatic carbocycles. The molecule has 0 heterocycles. The zero-order valence-electron chi connectivity index (χ0n) is 9.03. The highest BCUT2D eigenvalue weighted by Gasteiger charge is 2.05. The van der Waals surface area contributed by atoms with Gasteiger partial charge in [-0.2, -0.15) is 0 Å². The Morgan fingerprint density at radius 3 is 2.87 bits per heavy atom. The van der Waals surface area contributed by atoms with Crippen molar-refractivity contribution in [1.29, 1.82) is 0 Å². The second kappa shape index (κ2) is 6.17. The summed E-state index contributed by atoms with van der Waals surface area (Å²) in [5.41, 5.74) is 1.11. The molecule has 15 heavy (non-hydrogen) atoms. The van der Waals surface area contributed by atoms with Crippen LogP contribution in [0.25, 0.3) is 0 Å². The molecule has 0 aliphatic heterocycles. The van der Waals surface area contributed by atoms with E-state index in [1.54, 1.807) is 12.1 Å². The molecule has 0 unspecified atom stereocenters. The minimum absolute atomic E-state index is 0.0722. The van der Waals surface area contributed by atoms with Gasteiger partial charge in [0.1, 0.15) is 0 Å². The highest BCUT2D eigenvalue weighted by atomic mass is 16.6. The highest BCUT2D eigenvalue weighted by molar-refractivity contribution is 5.32. The van der Waals surface area contributed by atoms with Gasteiger partial charge in [0.25, 0.3) is 5.69 Å². The van der Waals surface area contributed by atoms with E-state index in [9.17, 15) is 10.1 Å². The van der Waals surface area contributed by atoms with Crippen molar-refractivity contribution >= 4 is 5.69 Å². The standard InChI is InChI=1S/C12H16NO2/c1-2-3-4-5-7-11-8-6-9-12(10-11)13(14)15/h6,8,10H,2-5,7H2,1H3. The van der Waals surface area contributed by atoms with Gasteiger partial charge in [-0.05, 0) is 24.5 Å². The molecule has 0 aromatic heterocycles. The van der Waals surface area contributed by atoms with Gasteiger partial charge < -0.3 is 0 Å². The third-order valence-electron chi connectivity index (χ3n) is 2.37. The Bertz CT molecular complexity index is 323. The van der Waals surface area contributed by atoms with Crippen molar-refractivity contribution in [2.24, 2.45) is 0 Å². The maximum atomic E-state index is 10.5. The molecule has 0 aliphatic rings. The first-order chi connectivity index (χ1) is 7.24. The van der Waals surface area contributed by atoms with Crippen molar-refractivity contribution in [2.75, 3.05) is 0 Å². The van der Waals surface area contributed by atoms with Gasteiger partial charge >= 0.3 is 0 Å². The van der Waals surface area contributed by atoms with E-state index in [0.29, 0.717) is 0 Å². The maximum Gasteiger partial charge on any atom is 0.277 e. The van der Waals surface area contributed by atoms with Crippen LogP contribution in [0.3, 0.4) is 0 Å². The molecule has 81 valence electrons. The van der Waals surface area contributed by atoms with Gasteiger partial charge in [-0.1, -0.05) is 32.3 Å². The van der Waals surface area contributed by atoms with Crippen LogP contribution in [0.2, 0.25) is 0 Å². The van der Waals surface area contributed by atoms with E-state index in [0.717, 1.165) is 18.4 Å².